The first kappa shape index (κ1) is 50.1. The van der Waals surface area contributed by atoms with Crippen LogP contribution in [-0.4, -0.2) is 44.4 Å². The zero-order valence-corrected chi connectivity index (χ0v) is 45.8. The monoisotopic (exact) mass is 1310 g/mol. The van der Waals surface area contributed by atoms with Crippen LogP contribution in [0.1, 0.15) is 41.6 Å². The Kier molecular flexibility index (Phi) is 22.4. The van der Waals surface area contributed by atoms with Gasteiger partial charge in [0.1, 0.15) is 0 Å². The predicted octanol–water partition coefficient (Wildman–Crippen LogP) is 14.8. The first-order valence-corrected chi connectivity index (χ1v) is 22.5. The van der Waals surface area contributed by atoms with E-state index in [4.69, 9.17) is 18.4 Å². The topological polar surface area (TPSA) is 92.0 Å². The van der Waals surface area contributed by atoms with Crippen LogP contribution >= 0.6 is 0 Å². The van der Waals surface area contributed by atoms with Gasteiger partial charge in [-0.3, -0.25) is 4.98 Å². The van der Waals surface area contributed by atoms with Crippen molar-refractivity contribution < 1.29 is 58.6 Å². The number of aryl methyl sites for hydroxylation is 6. The van der Waals surface area contributed by atoms with Gasteiger partial charge in [-0.1, -0.05) is 119 Å². The van der Waals surface area contributed by atoms with E-state index in [0.29, 0.717) is 11.1 Å². The van der Waals surface area contributed by atoms with E-state index < -0.39 is 13.7 Å². The number of hydrogen-bond acceptors (Lipinski definition) is 6. The van der Waals surface area contributed by atoms with Crippen LogP contribution in [0, 0.1) is 59.6 Å². The van der Waals surface area contributed by atoms with Crippen LogP contribution in [0.4, 0.5) is 0 Å². The van der Waals surface area contributed by atoms with E-state index in [0.717, 1.165) is 81.5 Å². The summed E-state index contributed by atoms with van der Waals surface area (Å²) in [7, 11) is 2.00. The van der Waals surface area contributed by atoms with Crippen molar-refractivity contribution >= 4 is 0 Å². The van der Waals surface area contributed by atoms with Crippen LogP contribution in [0.2, 0.25) is 0 Å². The van der Waals surface area contributed by atoms with E-state index in [-0.39, 0.29) is 40.2 Å². The van der Waals surface area contributed by atoms with Gasteiger partial charge in [-0.2, -0.15) is 0 Å². The Bertz CT molecular complexity index is 3080. The minimum absolute atomic E-state index is 0. The molecule has 0 aliphatic rings. The largest absolute Gasteiger partial charge is 0.400 e. The molecule has 0 saturated heterocycles. The number of pyridine rings is 4. The number of rotatable bonds is 6. The average molecular weight is 1310 g/mol. The summed E-state index contributed by atoms with van der Waals surface area (Å²) in [5.74, 6) is 0. The molecule has 370 valence electrons. The van der Waals surface area contributed by atoms with Crippen molar-refractivity contribution in [3.63, 3.8) is 0 Å². The summed E-state index contributed by atoms with van der Waals surface area (Å²) >= 11 is 0. The second-order valence-corrected chi connectivity index (χ2v) is 15.5. The van der Waals surface area contributed by atoms with Crippen LogP contribution < -0.4 is 0 Å². The van der Waals surface area contributed by atoms with E-state index in [9.17, 15) is 0 Å². The average Bonchev–Trinajstić information content (AvgIpc) is 3.47. The standard InChI is InChI=1S/C18H15N.C18H14N.2C13H12N.2CH4O.2Ir/c2*1-14-7-9-15(10-8-14)17-11-12-19-18(13-17)16-5-3-2-4-6-16;2*1-10-8-13(14-9-11(10)2)12-6-4-3-5-7-12;2*1-2;;/h2-13H,1H3;2-5,7-13H,1H3;2*3-6,8-9H,1-2H3;2*2H,1H3;;/q;3*-1;;;;/i2*1D3;;;;;;. The summed E-state index contributed by atoms with van der Waals surface area (Å²) in [6.45, 7) is 4.21. The Balaban J connectivity index is 0.000000270. The van der Waals surface area contributed by atoms with Crippen LogP contribution in [0.25, 0.3) is 67.3 Å². The first-order valence-electron chi connectivity index (χ1n) is 25.5. The normalized spacial score (nSPS) is 11.2. The molecule has 0 aliphatic carbocycles. The van der Waals surface area contributed by atoms with Gasteiger partial charge in [-0.05, 0) is 110 Å². The molecule has 4 aromatic heterocycles. The Hall–Kier alpha value is -6.86. The maximum atomic E-state index is 7.42. The zero-order chi connectivity index (χ0) is 55.1. The van der Waals surface area contributed by atoms with Gasteiger partial charge < -0.3 is 25.2 Å². The van der Waals surface area contributed by atoms with E-state index >= 15 is 0 Å². The maximum absolute atomic E-state index is 7.42. The van der Waals surface area contributed by atoms with E-state index in [1.807, 2.05) is 164 Å². The summed E-state index contributed by atoms with van der Waals surface area (Å²) in [5, 5.41) is 14.0. The van der Waals surface area contributed by atoms with E-state index in [2.05, 4.69) is 78.0 Å². The molecule has 2 N–H and O–H groups in total. The zero-order valence-electron chi connectivity index (χ0n) is 47.1. The summed E-state index contributed by atoms with van der Waals surface area (Å²) < 4.78 is 44.5. The number of aromatic nitrogens is 4. The van der Waals surface area contributed by atoms with Crippen molar-refractivity contribution in [3.05, 3.63) is 264 Å². The molecule has 0 spiro atoms. The Morgan fingerprint density at radius 3 is 1.07 bits per heavy atom. The van der Waals surface area contributed by atoms with Gasteiger partial charge >= 0.3 is 0 Å². The molecule has 2 radical (unpaired) electrons. The fourth-order valence-corrected chi connectivity index (χ4v) is 6.66. The SMILES string of the molecule is CO.CO.Cc1cnc(-c2[c-]cccc2)cc1C.Cc1cnc(-c2[c-]cccc2)cc1C.[2H]C([2H])([2H])c1ccc(-c2ccnc(-c3[c-]cccc3)c2)cc1.[2H]C([2H])([2H])c1ccc(-c2ccnc(-c3ccccc3)c2)cc1.[Ir].[Ir]. The fourth-order valence-electron chi connectivity index (χ4n) is 6.66. The van der Waals surface area contributed by atoms with Crippen molar-refractivity contribution in [1.82, 2.24) is 19.9 Å². The molecule has 0 saturated carbocycles. The molecular weight excluding hydrogens is 1240 g/mol. The molecule has 0 bridgehead atoms. The summed E-state index contributed by atoms with van der Waals surface area (Å²) in [6.07, 6.45) is 7.34. The van der Waals surface area contributed by atoms with Crippen molar-refractivity contribution in [1.29, 1.82) is 0 Å². The van der Waals surface area contributed by atoms with Crippen LogP contribution in [-0.2, 0) is 40.2 Å². The molecule has 10 aromatic rings. The van der Waals surface area contributed by atoms with Gasteiger partial charge in [0.15, 0.2) is 0 Å². The van der Waals surface area contributed by atoms with Gasteiger partial charge in [0.25, 0.3) is 0 Å². The molecule has 6 nitrogen and oxygen atoms in total. The fraction of sp³-hybridized carbons (Fsp3) is 0.125. The Morgan fingerprint density at radius 2 is 0.708 bits per heavy atom. The summed E-state index contributed by atoms with van der Waals surface area (Å²) in [6, 6.07) is 68.9. The Morgan fingerprint density at radius 1 is 0.347 bits per heavy atom. The Labute approximate surface area is 463 Å². The molecule has 0 amide bonds. The minimum atomic E-state index is -2.07. The van der Waals surface area contributed by atoms with Crippen molar-refractivity contribution in [2.24, 2.45) is 0 Å². The van der Waals surface area contributed by atoms with Gasteiger partial charge in [-0.25, -0.2) is 0 Å². The third kappa shape index (κ3) is 18.4. The maximum Gasteiger partial charge on any atom is 0.0708 e. The van der Waals surface area contributed by atoms with E-state index in [1.54, 1.807) is 36.7 Å². The van der Waals surface area contributed by atoms with Crippen molar-refractivity contribution in [2.45, 2.75) is 41.4 Å². The first-order chi connectivity index (χ1) is 36.6. The predicted molar refractivity (Wildman–Crippen MR) is 291 cm³/mol. The second-order valence-electron chi connectivity index (χ2n) is 15.5. The van der Waals surface area contributed by atoms with Crippen LogP contribution in [0.3, 0.4) is 0 Å². The number of aliphatic hydroxyl groups excluding tert-OH is 2. The number of hydrogen-bond donors (Lipinski definition) is 2. The molecule has 4 heterocycles. The smallest absolute Gasteiger partial charge is 0.0708 e. The quantitative estimate of drug-likeness (QED) is 0.161. The molecule has 0 aliphatic heterocycles. The van der Waals surface area contributed by atoms with Gasteiger partial charge in [0.05, 0.1) is 5.69 Å². The van der Waals surface area contributed by atoms with Crippen LogP contribution in [0.15, 0.2) is 213 Å². The van der Waals surface area contributed by atoms with Gasteiger partial charge in [0, 0.05) is 93.0 Å². The summed E-state index contributed by atoms with van der Waals surface area (Å²) in [5.41, 5.74) is 17.5. The molecule has 6 aromatic carbocycles. The molecule has 0 unspecified atom stereocenters. The molecule has 0 fully saturated rings. The van der Waals surface area contributed by atoms with Crippen molar-refractivity contribution in [2.75, 3.05) is 14.2 Å². The third-order valence-electron chi connectivity index (χ3n) is 10.7. The number of aliphatic hydroxyl groups is 2. The number of benzene rings is 6. The van der Waals surface area contributed by atoms with Crippen molar-refractivity contribution in [3.8, 4) is 67.3 Å². The molecule has 72 heavy (non-hydrogen) atoms. The number of nitrogens with zero attached hydrogens (tertiary/aromatic N) is 4. The molecule has 10 rings (SSSR count). The molecular formula is C64H61Ir2N4O2-3. The van der Waals surface area contributed by atoms with Gasteiger partial charge in [0.2, 0.25) is 0 Å². The van der Waals surface area contributed by atoms with Crippen LogP contribution in [0.5, 0.6) is 0 Å². The third-order valence-corrected chi connectivity index (χ3v) is 10.7. The summed E-state index contributed by atoms with van der Waals surface area (Å²) in [4.78, 5) is 17.5. The minimum Gasteiger partial charge on any atom is -0.400 e. The van der Waals surface area contributed by atoms with E-state index in [1.165, 1.54) is 22.3 Å². The second kappa shape index (κ2) is 32.2. The molecule has 8 heteroatoms. The molecule has 0 atom stereocenters. The van der Waals surface area contributed by atoms with Gasteiger partial charge in [-0.15, -0.1) is 108 Å².